The van der Waals surface area contributed by atoms with Crippen LogP contribution in [0.2, 0.25) is 0 Å². The van der Waals surface area contributed by atoms with E-state index in [4.69, 9.17) is 8.83 Å². The molecular weight excluding hydrogens is 743 g/mol. The number of para-hydroxylation sites is 2. The highest BCUT2D eigenvalue weighted by Gasteiger charge is 2.24. The molecule has 0 aliphatic carbocycles. The lowest BCUT2D eigenvalue weighted by Gasteiger charge is -2.27. The average molecular weight is 780 g/mol. The second-order valence-electron chi connectivity index (χ2n) is 15.6. The summed E-state index contributed by atoms with van der Waals surface area (Å²) >= 11 is 0. The van der Waals surface area contributed by atoms with Crippen molar-refractivity contribution < 1.29 is 8.83 Å². The minimum absolute atomic E-state index is 0.878. The average Bonchev–Trinajstić information content (AvgIpc) is 3.92. The maximum Gasteiger partial charge on any atom is 0.143 e. The fraction of sp³-hybridized carbons (Fsp3) is 0. The van der Waals surface area contributed by atoms with Gasteiger partial charge in [0.2, 0.25) is 0 Å². The summed E-state index contributed by atoms with van der Waals surface area (Å²) in [5, 5.41) is 6.57. The SMILES string of the molecule is c1ccc(-c2ccc(N(c3ccc(-c4cccc5c4oc4ccccc45)cc3)c3cc4c(oc5c(-c6ccccc6)ccc(-c6ccccc6)c54)c4ccccc34)cc2)cc1. The van der Waals surface area contributed by atoms with Gasteiger partial charge in [-0.05, 0) is 75.8 Å². The molecule has 0 amide bonds. The van der Waals surface area contributed by atoms with Gasteiger partial charge in [0, 0.05) is 54.8 Å². The largest absolute Gasteiger partial charge is 0.455 e. The van der Waals surface area contributed by atoms with Crippen molar-refractivity contribution in [2.24, 2.45) is 0 Å². The maximum absolute atomic E-state index is 7.12. The zero-order chi connectivity index (χ0) is 40.3. The van der Waals surface area contributed by atoms with Crippen LogP contribution in [0.15, 0.2) is 233 Å². The number of benzene rings is 10. The molecule has 0 N–H and O–H groups in total. The molecule has 0 aliphatic rings. The van der Waals surface area contributed by atoms with E-state index in [1.54, 1.807) is 0 Å². The predicted octanol–water partition coefficient (Wildman–Crippen LogP) is 16.8. The van der Waals surface area contributed by atoms with E-state index in [-0.39, 0.29) is 0 Å². The number of rotatable bonds is 7. The minimum atomic E-state index is 0.878. The van der Waals surface area contributed by atoms with Crippen molar-refractivity contribution in [1.82, 2.24) is 0 Å². The first kappa shape index (κ1) is 34.9. The van der Waals surface area contributed by atoms with Crippen molar-refractivity contribution in [2.45, 2.75) is 0 Å². The Hall–Kier alpha value is -8.14. The normalized spacial score (nSPS) is 11.6. The summed E-state index contributed by atoms with van der Waals surface area (Å²) in [4.78, 5) is 2.39. The summed E-state index contributed by atoms with van der Waals surface area (Å²) in [6.45, 7) is 0. The summed E-state index contributed by atoms with van der Waals surface area (Å²) in [7, 11) is 0. The highest BCUT2D eigenvalue weighted by molar-refractivity contribution is 6.24. The zero-order valence-corrected chi connectivity index (χ0v) is 33.1. The molecule has 286 valence electrons. The van der Waals surface area contributed by atoms with Gasteiger partial charge < -0.3 is 13.7 Å². The molecule has 3 nitrogen and oxygen atoms in total. The van der Waals surface area contributed by atoms with E-state index < -0.39 is 0 Å². The van der Waals surface area contributed by atoms with E-state index >= 15 is 0 Å². The molecule has 2 aromatic heterocycles. The molecule has 0 fully saturated rings. The van der Waals surface area contributed by atoms with Gasteiger partial charge in [0.1, 0.15) is 22.3 Å². The molecule has 0 saturated carbocycles. The molecule has 0 aliphatic heterocycles. The van der Waals surface area contributed by atoms with Crippen molar-refractivity contribution in [1.29, 1.82) is 0 Å². The van der Waals surface area contributed by atoms with E-state index in [0.717, 1.165) is 105 Å². The quantitative estimate of drug-likeness (QED) is 0.161. The molecule has 61 heavy (non-hydrogen) atoms. The van der Waals surface area contributed by atoms with E-state index in [1.807, 2.05) is 12.1 Å². The fourth-order valence-corrected chi connectivity index (χ4v) is 9.20. The third-order valence-corrected chi connectivity index (χ3v) is 12.1. The van der Waals surface area contributed by atoms with Gasteiger partial charge >= 0.3 is 0 Å². The van der Waals surface area contributed by atoms with Crippen LogP contribution < -0.4 is 4.90 Å². The van der Waals surface area contributed by atoms with Crippen LogP contribution >= 0.6 is 0 Å². The second kappa shape index (κ2) is 14.3. The number of anilines is 3. The first-order valence-electron chi connectivity index (χ1n) is 20.7. The summed E-state index contributed by atoms with van der Waals surface area (Å²) in [5.74, 6) is 0. The van der Waals surface area contributed by atoms with E-state index in [1.165, 1.54) is 11.1 Å². The molecule has 2 heterocycles. The Morgan fingerprint density at radius 3 is 1.44 bits per heavy atom. The Bertz CT molecular complexity index is 3550. The molecule has 0 unspecified atom stereocenters. The van der Waals surface area contributed by atoms with Gasteiger partial charge in [-0.1, -0.05) is 182 Å². The molecule has 10 aromatic carbocycles. The smallest absolute Gasteiger partial charge is 0.143 e. The first-order chi connectivity index (χ1) is 30.3. The number of hydrogen-bond donors (Lipinski definition) is 0. The number of nitrogens with zero attached hydrogens (tertiary/aromatic N) is 1. The molecule has 3 heteroatoms. The van der Waals surface area contributed by atoms with Gasteiger partial charge in [-0.3, -0.25) is 0 Å². The van der Waals surface area contributed by atoms with E-state index in [9.17, 15) is 0 Å². The molecule has 12 rings (SSSR count). The van der Waals surface area contributed by atoms with Gasteiger partial charge in [-0.15, -0.1) is 0 Å². The number of hydrogen-bond acceptors (Lipinski definition) is 3. The van der Waals surface area contributed by atoms with Crippen molar-refractivity contribution >= 4 is 71.7 Å². The number of furan rings is 2. The van der Waals surface area contributed by atoms with E-state index in [0.29, 0.717) is 0 Å². The molecule has 0 radical (unpaired) electrons. The lowest BCUT2D eigenvalue weighted by Crippen LogP contribution is -2.10. The predicted molar refractivity (Wildman–Crippen MR) is 255 cm³/mol. The van der Waals surface area contributed by atoms with Gasteiger partial charge in [0.15, 0.2) is 0 Å². The van der Waals surface area contributed by atoms with Crippen molar-refractivity contribution in [2.75, 3.05) is 4.90 Å². The Morgan fingerprint density at radius 2 is 0.754 bits per heavy atom. The van der Waals surface area contributed by atoms with Crippen LogP contribution in [-0.2, 0) is 0 Å². The van der Waals surface area contributed by atoms with Crippen LogP contribution in [-0.4, -0.2) is 0 Å². The highest BCUT2D eigenvalue weighted by atomic mass is 16.3. The summed E-state index contributed by atoms with van der Waals surface area (Å²) in [6, 6.07) is 79.7. The Morgan fingerprint density at radius 1 is 0.279 bits per heavy atom. The van der Waals surface area contributed by atoms with Crippen LogP contribution in [0.5, 0.6) is 0 Å². The van der Waals surface area contributed by atoms with Crippen LogP contribution in [0, 0.1) is 0 Å². The Kier molecular flexibility index (Phi) is 8.17. The fourth-order valence-electron chi connectivity index (χ4n) is 9.20. The minimum Gasteiger partial charge on any atom is -0.455 e. The molecule has 0 spiro atoms. The molecule has 0 atom stereocenters. The molecule has 12 aromatic rings. The van der Waals surface area contributed by atoms with Crippen LogP contribution in [0.4, 0.5) is 17.1 Å². The van der Waals surface area contributed by atoms with Crippen LogP contribution in [0.3, 0.4) is 0 Å². The molecular formula is C58H37NO2. The van der Waals surface area contributed by atoms with E-state index in [2.05, 4.69) is 217 Å². The number of fused-ring (bicyclic) bond motifs is 8. The molecule has 0 bridgehead atoms. The lowest BCUT2D eigenvalue weighted by molar-refractivity contribution is 0.670. The second-order valence-corrected chi connectivity index (χ2v) is 15.6. The summed E-state index contributed by atoms with van der Waals surface area (Å²) < 4.78 is 13.6. The van der Waals surface area contributed by atoms with Crippen LogP contribution in [0.1, 0.15) is 0 Å². The topological polar surface area (TPSA) is 29.5 Å². The Labute approximate surface area is 353 Å². The van der Waals surface area contributed by atoms with Crippen molar-refractivity contribution in [3.8, 4) is 44.5 Å². The highest BCUT2D eigenvalue weighted by Crippen LogP contribution is 2.49. The summed E-state index contributed by atoms with van der Waals surface area (Å²) in [6.07, 6.45) is 0. The standard InChI is InChI=1S/C58H37NO2/c1-4-15-38(16-5-1)39-27-31-43(32-28-39)59(44-33-29-42(30-34-44)46-24-14-25-51-49-22-12-13-26-54(49)60-56(46)51)53-37-52-55-45(40-17-6-2-7-18-40)35-36-47(41-19-8-3-9-20-41)58(55)61-57(52)50-23-11-10-21-48(50)53/h1-37H. The monoisotopic (exact) mass is 779 g/mol. The van der Waals surface area contributed by atoms with Gasteiger partial charge in [-0.2, -0.15) is 0 Å². The van der Waals surface area contributed by atoms with Gasteiger partial charge in [-0.25, -0.2) is 0 Å². The first-order valence-corrected chi connectivity index (χ1v) is 20.7. The zero-order valence-electron chi connectivity index (χ0n) is 33.1. The lowest BCUT2D eigenvalue weighted by atomic mass is 9.93. The molecule has 0 saturated heterocycles. The third-order valence-electron chi connectivity index (χ3n) is 12.1. The maximum atomic E-state index is 7.12. The third kappa shape index (κ3) is 5.82. The Balaban J connectivity index is 1.10. The summed E-state index contributed by atoms with van der Waals surface area (Å²) in [5.41, 5.74) is 15.7. The van der Waals surface area contributed by atoms with Crippen molar-refractivity contribution in [3.63, 3.8) is 0 Å². The van der Waals surface area contributed by atoms with Crippen LogP contribution in [0.25, 0.3) is 99.2 Å². The van der Waals surface area contributed by atoms with Crippen molar-refractivity contribution in [3.05, 3.63) is 224 Å². The van der Waals surface area contributed by atoms with Gasteiger partial charge in [0.05, 0.1) is 5.69 Å². The van der Waals surface area contributed by atoms with Gasteiger partial charge in [0.25, 0.3) is 0 Å².